The van der Waals surface area contributed by atoms with Gasteiger partial charge in [-0.15, -0.1) is 0 Å². The quantitative estimate of drug-likeness (QED) is 0.552. The zero-order valence-electron chi connectivity index (χ0n) is 15.7. The molecule has 0 saturated heterocycles. The number of aromatic nitrogens is 3. The number of carbonyl (C=O) groups excluding carboxylic acids is 1. The van der Waals surface area contributed by atoms with E-state index in [1.165, 1.54) is 25.6 Å². The Morgan fingerprint density at radius 2 is 2.14 bits per heavy atom. The molecule has 1 aromatic carbocycles. The number of nitrogens with one attached hydrogen (secondary N) is 3. The number of hydrogen-bond acceptors (Lipinski definition) is 6. The number of ether oxygens (including phenoxy) is 1. The SMILES string of the molecule is COc1c(F)cccc1Nc1c(-c2ccnc(S(C)=O)n2)[nH]c2c1C(=O)NCC2. The van der Waals surface area contributed by atoms with E-state index in [1.807, 2.05) is 0 Å². The van der Waals surface area contributed by atoms with Crippen LogP contribution < -0.4 is 15.4 Å². The molecule has 1 unspecified atom stereocenters. The van der Waals surface area contributed by atoms with Crippen LogP contribution in [0.25, 0.3) is 11.4 Å². The molecule has 1 atom stereocenters. The number of anilines is 2. The molecule has 3 aromatic rings. The molecule has 0 saturated carbocycles. The summed E-state index contributed by atoms with van der Waals surface area (Å²) in [6.07, 6.45) is 3.60. The lowest BCUT2D eigenvalue weighted by molar-refractivity contribution is 0.0947. The highest BCUT2D eigenvalue weighted by atomic mass is 32.2. The van der Waals surface area contributed by atoms with E-state index >= 15 is 0 Å². The lowest BCUT2D eigenvalue weighted by Gasteiger charge is -2.16. The number of methoxy groups -OCH3 is 1. The van der Waals surface area contributed by atoms with E-state index in [1.54, 1.807) is 18.2 Å². The van der Waals surface area contributed by atoms with Gasteiger partial charge in [-0.3, -0.25) is 9.00 Å². The Labute approximate surface area is 168 Å². The highest BCUT2D eigenvalue weighted by Crippen LogP contribution is 2.38. The molecule has 10 heteroatoms. The first-order chi connectivity index (χ1) is 14.0. The van der Waals surface area contributed by atoms with E-state index < -0.39 is 16.6 Å². The van der Waals surface area contributed by atoms with Gasteiger partial charge < -0.3 is 20.4 Å². The van der Waals surface area contributed by atoms with Gasteiger partial charge in [0.2, 0.25) is 5.16 Å². The molecule has 0 bridgehead atoms. The van der Waals surface area contributed by atoms with Crippen LogP contribution in [0.1, 0.15) is 16.1 Å². The fraction of sp³-hybridized carbons (Fsp3) is 0.211. The van der Waals surface area contributed by atoms with E-state index in [0.29, 0.717) is 41.3 Å². The molecule has 0 fully saturated rings. The predicted octanol–water partition coefficient (Wildman–Crippen LogP) is 2.39. The average Bonchev–Trinajstić information content (AvgIpc) is 3.08. The fourth-order valence-electron chi connectivity index (χ4n) is 3.26. The molecule has 1 aliphatic heterocycles. The summed E-state index contributed by atoms with van der Waals surface area (Å²) in [7, 11) is 0.00418. The highest BCUT2D eigenvalue weighted by Gasteiger charge is 2.28. The molecule has 0 spiro atoms. The molecule has 8 nitrogen and oxygen atoms in total. The van der Waals surface area contributed by atoms with Gasteiger partial charge in [0.05, 0.1) is 46.2 Å². The second kappa shape index (κ2) is 7.63. The van der Waals surface area contributed by atoms with E-state index in [4.69, 9.17) is 4.74 Å². The van der Waals surface area contributed by atoms with Crippen molar-refractivity contribution in [2.45, 2.75) is 11.6 Å². The average molecular weight is 415 g/mol. The van der Waals surface area contributed by atoms with Gasteiger partial charge >= 0.3 is 0 Å². The van der Waals surface area contributed by atoms with Gasteiger partial charge in [-0.1, -0.05) is 6.07 Å². The van der Waals surface area contributed by atoms with E-state index in [0.717, 1.165) is 5.69 Å². The second-order valence-corrected chi connectivity index (χ2v) is 7.63. The maximum Gasteiger partial charge on any atom is 0.255 e. The summed E-state index contributed by atoms with van der Waals surface area (Å²) in [6.45, 7) is 0.502. The van der Waals surface area contributed by atoms with Crippen molar-refractivity contribution >= 4 is 28.1 Å². The minimum Gasteiger partial charge on any atom is -0.492 e. The zero-order valence-corrected chi connectivity index (χ0v) is 16.5. The van der Waals surface area contributed by atoms with Crippen LogP contribution in [0.4, 0.5) is 15.8 Å². The Bertz CT molecular complexity index is 1130. The number of aromatic amines is 1. The third-order valence-electron chi connectivity index (χ3n) is 4.54. The van der Waals surface area contributed by atoms with Gasteiger partial charge in [0, 0.05) is 31.1 Å². The molecule has 4 rings (SSSR count). The molecule has 29 heavy (non-hydrogen) atoms. The maximum absolute atomic E-state index is 14.2. The Hall–Kier alpha value is -3.27. The van der Waals surface area contributed by atoms with Crippen molar-refractivity contribution in [3.8, 4) is 17.1 Å². The first-order valence-electron chi connectivity index (χ1n) is 8.79. The van der Waals surface area contributed by atoms with E-state index in [-0.39, 0.29) is 16.8 Å². The second-order valence-electron chi connectivity index (χ2n) is 6.36. The van der Waals surface area contributed by atoms with Crippen molar-refractivity contribution in [2.75, 3.05) is 25.2 Å². The number of hydrogen-bond donors (Lipinski definition) is 3. The molecule has 1 amide bonds. The number of benzene rings is 1. The third-order valence-corrected chi connectivity index (χ3v) is 5.25. The van der Waals surface area contributed by atoms with Crippen LogP contribution in [0.2, 0.25) is 0 Å². The zero-order chi connectivity index (χ0) is 20.5. The van der Waals surface area contributed by atoms with Crippen LogP contribution >= 0.6 is 0 Å². The smallest absolute Gasteiger partial charge is 0.255 e. The topological polar surface area (TPSA) is 109 Å². The highest BCUT2D eigenvalue weighted by molar-refractivity contribution is 7.84. The predicted molar refractivity (Wildman–Crippen MR) is 106 cm³/mol. The van der Waals surface area contributed by atoms with Crippen LogP contribution in [0, 0.1) is 5.82 Å². The molecular formula is C19H18FN5O3S. The van der Waals surface area contributed by atoms with Crippen molar-refractivity contribution in [1.29, 1.82) is 0 Å². The number of para-hydroxylation sites is 1. The van der Waals surface area contributed by atoms with Crippen molar-refractivity contribution < 1.29 is 18.1 Å². The summed E-state index contributed by atoms with van der Waals surface area (Å²) < 4.78 is 31.1. The number of carbonyl (C=O) groups is 1. The molecule has 0 aliphatic carbocycles. The normalized spacial score (nSPS) is 14.1. The van der Waals surface area contributed by atoms with Gasteiger partial charge in [0.15, 0.2) is 11.6 Å². The van der Waals surface area contributed by atoms with Gasteiger partial charge in [-0.05, 0) is 18.2 Å². The number of amides is 1. The van der Waals surface area contributed by atoms with Crippen LogP contribution in [0.15, 0.2) is 35.6 Å². The molecule has 0 radical (unpaired) electrons. The first kappa shape index (κ1) is 19.1. The Kier molecular flexibility index (Phi) is 5.01. The fourth-order valence-corrected chi connectivity index (χ4v) is 3.70. The molecule has 1 aliphatic rings. The summed E-state index contributed by atoms with van der Waals surface area (Å²) >= 11 is 0. The van der Waals surface area contributed by atoms with Crippen molar-refractivity contribution in [2.24, 2.45) is 0 Å². The number of nitrogens with zero attached hydrogens (tertiary/aromatic N) is 2. The summed E-state index contributed by atoms with van der Waals surface area (Å²) in [5.41, 5.74) is 2.95. The molecule has 2 aromatic heterocycles. The van der Waals surface area contributed by atoms with Gasteiger partial charge in [0.25, 0.3) is 5.91 Å². The monoisotopic (exact) mass is 415 g/mol. The number of fused-ring (bicyclic) bond motifs is 1. The summed E-state index contributed by atoms with van der Waals surface area (Å²) in [5.74, 6) is -0.749. The first-order valence-corrected chi connectivity index (χ1v) is 10.3. The minimum atomic E-state index is -1.37. The van der Waals surface area contributed by atoms with Crippen molar-refractivity contribution in [3.63, 3.8) is 0 Å². The lowest BCUT2D eigenvalue weighted by Crippen LogP contribution is -2.31. The molecule has 3 heterocycles. The van der Waals surface area contributed by atoms with Crippen molar-refractivity contribution in [3.05, 3.63) is 47.5 Å². The van der Waals surface area contributed by atoms with Gasteiger partial charge in [0.1, 0.15) is 0 Å². The third kappa shape index (κ3) is 3.46. The van der Waals surface area contributed by atoms with Crippen LogP contribution in [0.3, 0.4) is 0 Å². The molecule has 3 N–H and O–H groups in total. The van der Waals surface area contributed by atoms with Crippen LogP contribution in [0.5, 0.6) is 5.75 Å². The van der Waals surface area contributed by atoms with Gasteiger partial charge in [-0.25, -0.2) is 14.4 Å². The summed E-state index contributed by atoms with van der Waals surface area (Å²) in [4.78, 5) is 24.2. The Balaban J connectivity index is 1.90. The number of H-pyrrole nitrogens is 1. The molecule has 150 valence electrons. The van der Waals surface area contributed by atoms with Crippen LogP contribution in [-0.2, 0) is 17.2 Å². The van der Waals surface area contributed by atoms with Gasteiger partial charge in [-0.2, -0.15) is 0 Å². The minimum absolute atomic E-state index is 0.0302. The Morgan fingerprint density at radius 1 is 1.31 bits per heavy atom. The number of rotatable bonds is 5. The maximum atomic E-state index is 14.2. The van der Waals surface area contributed by atoms with Crippen LogP contribution in [-0.4, -0.2) is 45.0 Å². The largest absolute Gasteiger partial charge is 0.492 e. The van der Waals surface area contributed by atoms with Crippen molar-refractivity contribution in [1.82, 2.24) is 20.3 Å². The summed E-state index contributed by atoms with van der Waals surface area (Å²) in [6, 6.07) is 6.14. The molecular weight excluding hydrogens is 397 g/mol. The number of halogens is 1. The van der Waals surface area contributed by atoms with E-state index in [2.05, 4.69) is 25.6 Å². The van der Waals surface area contributed by atoms with E-state index in [9.17, 15) is 13.4 Å². The standard InChI is InChI=1S/C19H18FN5O3S/c1-28-17-10(20)4-3-5-13(17)24-16-14-11(6-8-21-18(14)26)23-15(16)12-7-9-22-19(25-12)29(2)27/h3-5,7,9,23-24H,6,8H2,1-2H3,(H,21,26). The lowest BCUT2D eigenvalue weighted by atomic mass is 10.1. The summed E-state index contributed by atoms with van der Waals surface area (Å²) in [5, 5.41) is 6.11. The Morgan fingerprint density at radius 3 is 2.90 bits per heavy atom.